The van der Waals surface area contributed by atoms with Crippen molar-refractivity contribution in [2.24, 2.45) is 0 Å². The summed E-state index contributed by atoms with van der Waals surface area (Å²) in [6, 6.07) is 10.2. The standard InChI is InChI=1S/C16H11NO4S/c1-21-16(20)10-7-11-13(19)14(22-15(11)17-8-10)12(18)9-5-3-2-4-6-9/h2-8,19H,1H3. The van der Waals surface area contributed by atoms with Gasteiger partial charge in [-0.15, -0.1) is 11.3 Å². The van der Waals surface area contributed by atoms with E-state index in [-0.39, 0.29) is 22.0 Å². The third-order valence-electron chi connectivity index (χ3n) is 3.18. The summed E-state index contributed by atoms with van der Waals surface area (Å²) in [7, 11) is 1.27. The molecule has 0 saturated heterocycles. The van der Waals surface area contributed by atoms with Gasteiger partial charge in [0.1, 0.15) is 15.5 Å². The van der Waals surface area contributed by atoms with Crippen LogP contribution in [-0.2, 0) is 4.74 Å². The van der Waals surface area contributed by atoms with Crippen molar-refractivity contribution in [3.05, 3.63) is 58.6 Å². The van der Waals surface area contributed by atoms with Gasteiger partial charge in [-0.05, 0) is 6.07 Å². The molecule has 0 unspecified atom stereocenters. The van der Waals surface area contributed by atoms with Gasteiger partial charge in [0.25, 0.3) is 0 Å². The number of fused-ring (bicyclic) bond motifs is 1. The maximum absolute atomic E-state index is 12.4. The lowest BCUT2D eigenvalue weighted by Gasteiger charge is -1.99. The van der Waals surface area contributed by atoms with Crippen molar-refractivity contribution in [1.82, 2.24) is 4.98 Å². The number of carbonyl (C=O) groups excluding carboxylic acids is 2. The van der Waals surface area contributed by atoms with Crippen LogP contribution in [-0.4, -0.2) is 29.0 Å². The van der Waals surface area contributed by atoms with E-state index in [2.05, 4.69) is 9.72 Å². The fourth-order valence-electron chi connectivity index (χ4n) is 2.07. The number of methoxy groups -OCH3 is 1. The molecule has 2 aromatic heterocycles. The lowest BCUT2D eigenvalue weighted by Crippen LogP contribution is -2.01. The number of esters is 1. The predicted octanol–water partition coefficient (Wildman–Crippen LogP) is 3.02. The van der Waals surface area contributed by atoms with Crippen molar-refractivity contribution >= 4 is 33.3 Å². The van der Waals surface area contributed by atoms with Crippen molar-refractivity contribution in [2.45, 2.75) is 0 Å². The molecule has 0 radical (unpaired) electrons. The molecule has 5 nitrogen and oxygen atoms in total. The molecule has 22 heavy (non-hydrogen) atoms. The van der Waals surface area contributed by atoms with Crippen molar-refractivity contribution < 1.29 is 19.4 Å². The van der Waals surface area contributed by atoms with E-state index in [1.165, 1.54) is 19.4 Å². The third kappa shape index (κ3) is 2.33. The molecule has 0 fully saturated rings. The van der Waals surface area contributed by atoms with Crippen LogP contribution >= 0.6 is 11.3 Å². The van der Waals surface area contributed by atoms with Crippen LogP contribution in [0, 0.1) is 0 Å². The van der Waals surface area contributed by atoms with Crippen molar-refractivity contribution in [2.75, 3.05) is 7.11 Å². The summed E-state index contributed by atoms with van der Waals surface area (Å²) in [5, 5.41) is 10.7. The number of carbonyl (C=O) groups is 2. The summed E-state index contributed by atoms with van der Waals surface area (Å²) in [5.74, 6) is -0.983. The van der Waals surface area contributed by atoms with E-state index in [9.17, 15) is 14.7 Å². The molecule has 0 aliphatic carbocycles. The van der Waals surface area contributed by atoms with Gasteiger partial charge in [-0.3, -0.25) is 4.79 Å². The third-order valence-corrected chi connectivity index (χ3v) is 4.28. The number of aromatic nitrogens is 1. The molecular formula is C16H11NO4S. The van der Waals surface area contributed by atoms with Crippen LogP contribution in [0.15, 0.2) is 42.6 Å². The molecule has 0 amide bonds. The van der Waals surface area contributed by atoms with Crippen LogP contribution in [0.3, 0.4) is 0 Å². The molecule has 0 aliphatic heterocycles. The van der Waals surface area contributed by atoms with Crippen LogP contribution in [0.25, 0.3) is 10.2 Å². The summed E-state index contributed by atoms with van der Waals surface area (Å²) >= 11 is 1.09. The number of hydrogen-bond acceptors (Lipinski definition) is 6. The Balaban J connectivity index is 2.10. The molecule has 0 aliphatic rings. The lowest BCUT2D eigenvalue weighted by atomic mass is 10.1. The number of rotatable bonds is 3. The predicted molar refractivity (Wildman–Crippen MR) is 82.5 cm³/mol. The molecule has 2 heterocycles. The molecule has 0 spiro atoms. The SMILES string of the molecule is COC(=O)c1cnc2sc(C(=O)c3ccccc3)c(O)c2c1. The Morgan fingerprint density at radius 2 is 1.91 bits per heavy atom. The normalized spacial score (nSPS) is 10.6. The van der Waals surface area contributed by atoms with E-state index in [4.69, 9.17) is 0 Å². The Morgan fingerprint density at radius 1 is 1.18 bits per heavy atom. The minimum absolute atomic E-state index is 0.160. The second-order valence-electron chi connectivity index (χ2n) is 4.54. The second kappa shape index (κ2) is 5.57. The van der Waals surface area contributed by atoms with Crippen LogP contribution < -0.4 is 0 Å². The number of aromatic hydroxyl groups is 1. The molecule has 3 rings (SSSR count). The Morgan fingerprint density at radius 3 is 2.59 bits per heavy atom. The average molecular weight is 313 g/mol. The maximum Gasteiger partial charge on any atom is 0.339 e. The van der Waals surface area contributed by atoms with Gasteiger partial charge in [0.15, 0.2) is 0 Å². The van der Waals surface area contributed by atoms with E-state index in [1.807, 2.05) is 6.07 Å². The Hall–Kier alpha value is -2.73. The molecule has 0 saturated carbocycles. The highest BCUT2D eigenvalue weighted by Crippen LogP contribution is 2.37. The van der Waals surface area contributed by atoms with Gasteiger partial charge in [0.05, 0.1) is 18.1 Å². The number of ether oxygens (including phenoxy) is 1. The second-order valence-corrected chi connectivity index (χ2v) is 5.54. The Bertz CT molecular complexity index is 870. The number of benzene rings is 1. The molecule has 0 atom stereocenters. The molecular weight excluding hydrogens is 302 g/mol. The highest BCUT2D eigenvalue weighted by molar-refractivity contribution is 7.21. The zero-order valence-electron chi connectivity index (χ0n) is 11.6. The summed E-state index contributed by atoms with van der Waals surface area (Å²) in [5.41, 5.74) is 0.708. The van der Waals surface area contributed by atoms with Crippen LogP contribution in [0.4, 0.5) is 0 Å². The van der Waals surface area contributed by atoms with Gasteiger partial charge in [-0.1, -0.05) is 30.3 Å². The van der Waals surface area contributed by atoms with E-state index in [0.29, 0.717) is 15.8 Å². The van der Waals surface area contributed by atoms with Gasteiger partial charge in [-0.2, -0.15) is 0 Å². The van der Waals surface area contributed by atoms with Crippen LogP contribution in [0.1, 0.15) is 25.6 Å². The summed E-state index contributed by atoms with van der Waals surface area (Å²) in [4.78, 5) is 28.8. The van der Waals surface area contributed by atoms with Gasteiger partial charge < -0.3 is 9.84 Å². The number of pyridine rings is 1. The highest BCUT2D eigenvalue weighted by atomic mass is 32.1. The zero-order chi connectivity index (χ0) is 15.7. The minimum Gasteiger partial charge on any atom is -0.506 e. The van der Waals surface area contributed by atoms with Crippen LogP contribution in [0.5, 0.6) is 5.75 Å². The number of thiophene rings is 1. The largest absolute Gasteiger partial charge is 0.506 e. The fraction of sp³-hybridized carbons (Fsp3) is 0.0625. The van der Waals surface area contributed by atoms with Gasteiger partial charge in [0, 0.05) is 11.8 Å². The van der Waals surface area contributed by atoms with E-state index < -0.39 is 5.97 Å². The highest BCUT2D eigenvalue weighted by Gasteiger charge is 2.21. The van der Waals surface area contributed by atoms with Gasteiger partial charge >= 0.3 is 5.97 Å². The zero-order valence-corrected chi connectivity index (χ0v) is 12.4. The van der Waals surface area contributed by atoms with Gasteiger partial charge in [-0.25, -0.2) is 9.78 Å². The van der Waals surface area contributed by atoms with Crippen molar-refractivity contribution in [1.29, 1.82) is 0 Å². The smallest absolute Gasteiger partial charge is 0.339 e. The monoisotopic (exact) mass is 313 g/mol. The van der Waals surface area contributed by atoms with E-state index in [0.717, 1.165) is 11.3 Å². The first-order chi connectivity index (χ1) is 10.6. The molecule has 1 aromatic carbocycles. The first-order valence-electron chi connectivity index (χ1n) is 6.41. The lowest BCUT2D eigenvalue weighted by molar-refractivity contribution is 0.0600. The maximum atomic E-state index is 12.4. The molecule has 110 valence electrons. The Kier molecular flexibility index (Phi) is 3.60. The molecule has 6 heteroatoms. The number of hydrogen-bond donors (Lipinski definition) is 1. The minimum atomic E-state index is -0.545. The first kappa shape index (κ1) is 14.2. The number of ketones is 1. The van der Waals surface area contributed by atoms with Crippen molar-refractivity contribution in [3.63, 3.8) is 0 Å². The Labute approximate surface area is 129 Å². The first-order valence-corrected chi connectivity index (χ1v) is 7.23. The summed E-state index contributed by atoms with van der Waals surface area (Å²) < 4.78 is 4.62. The van der Waals surface area contributed by atoms with Crippen molar-refractivity contribution in [3.8, 4) is 5.75 Å². The van der Waals surface area contributed by atoms with E-state index >= 15 is 0 Å². The molecule has 1 N–H and O–H groups in total. The molecule has 0 bridgehead atoms. The summed E-state index contributed by atoms with van der Waals surface area (Å²) in [6.07, 6.45) is 1.36. The number of nitrogens with zero attached hydrogens (tertiary/aromatic N) is 1. The fourth-order valence-corrected chi connectivity index (χ4v) is 3.06. The topological polar surface area (TPSA) is 76.5 Å². The summed E-state index contributed by atoms with van der Waals surface area (Å²) in [6.45, 7) is 0. The van der Waals surface area contributed by atoms with E-state index in [1.54, 1.807) is 24.3 Å². The quantitative estimate of drug-likeness (QED) is 0.594. The van der Waals surface area contributed by atoms with Crippen LogP contribution in [0.2, 0.25) is 0 Å². The molecule has 3 aromatic rings. The van der Waals surface area contributed by atoms with Gasteiger partial charge in [0.2, 0.25) is 5.78 Å². The average Bonchev–Trinajstić information content (AvgIpc) is 2.90.